The van der Waals surface area contributed by atoms with Crippen LogP contribution < -0.4 is 5.32 Å². The fraction of sp³-hybridized carbons (Fsp3) is 0.692. The van der Waals surface area contributed by atoms with Crippen molar-refractivity contribution in [3.63, 3.8) is 0 Å². The van der Waals surface area contributed by atoms with Crippen molar-refractivity contribution >= 4 is 11.3 Å². The maximum absolute atomic E-state index is 8.84. The molecule has 2 nitrogen and oxygen atoms in total. The van der Waals surface area contributed by atoms with Crippen LogP contribution in [0.3, 0.4) is 0 Å². The minimum absolute atomic E-state index is 0.287. The molecule has 1 atom stereocenters. The van der Waals surface area contributed by atoms with Gasteiger partial charge >= 0.3 is 0 Å². The number of nitrogens with one attached hydrogen (secondary N) is 1. The first-order valence-electron chi connectivity index (χ1n) is 6.29. The van der Waals surface area contributed by atoms with Crippen molar-refractivity contribution in [2.45, 2.75) is 38.1 Å². The van der Waals surface area contributed by atoms with E-state index in [2.05, 4.69) is 22.8 Å². The standard InChI is InChI=1S/C13H21NOS/c15-9-4-8-14-13(11-5-1-2-6-11)12-7-3-10-16-12/h3,7,10-11,13-15H,1-2,4-6,8-9H2. The molecule has 2 N–H and O–H groups in total. The molecule has 0 aromatic carbocycles. The van der Waals surface area contributed by atoms with E-state index < -0.39 is 0 Å². The van der Waals surface area contributed by atoms with Crippen molar-refractivity contribution in [1.82, 2.24) is 5.32 Å². The van der Waals surface area contributed by atoms with Crippen LogP contribution in [0.4, 0.5) is 0 Å². The van der Waals surface area contributed by atoms with Crippen LogP contribution in [0, 0.1) is 5.92 Å². The molecule has 1 fully saturated rings. The fourth-order valence-electron chi connectivity index (χ4n) is 2.60. The molecule has 1 aromatic heterocycles. The Balaban J connectivity index is 1.95. The second-order valence-corrected chi connectivity index (χ2v) is 5.55. The number of aliphatic hydroxyl groups is 1. The molecule has 1 unspecified atom stereocenters. The first-order chi connectivity index (χ1) is 7.92. The van der Waals surface area contributed by atoms with E-state index in [1.165, 1.54) is 30.6 Å². The van der Waals surface area contributed by atoms with Crippen molar-refractivity contribution in [2.24, 2.45) is 5.92 Å². The Morgan fingerprint density at radius 3 is 2.88 bits per heavy atom. The van der Waals surface area contributed by atoms with E-state index in [1.54, 1.807) is 0 Å². The van der Waals surface area contributed by atoms with Crippen molar-refractivity contribution in [3.8, 4) is 0 Å². The molecule has 0 aliphatic heterocycles. The molecule has 0 saturated heterocycles. The molecule has 1 aromatic rings. The van der Waals surface area contributed by atoms with Crippen LogP contribution in [0.25, 0.3) is 0 Å². The van der Waals surface area contributed by atoms with Gasteiger partial charge in [-0.3, -0.25) is 0 Å². The maximum atomic E-state index is 8.84. The summed E-state index contributed by atoms with van der Waals surface area (Å²) in [5, 5.41) is 14.6. The van der Waals surface area contributed by atoms with Crippen LogP contribution in [0.15, 0.2) is 17.5 Å². The lowest BCUT2D eigenvalue weighted by atomic mass is 9.96. The second-order valence-electron chi connectivity index (χ2n) is 4.57. The molecule has 1 heterocycles. The average Bonchev–Trinajstić information content (AvgIpc) is 2.97. The van der Waals surface area contributed by atoms with Crippen LogP contribution in [0.5, 0.6) is 0 Å². The van der Waals surface area contributed by atoms with Gasteiger partial charge in [-0.05, 0) is 43.2 Å². The van der Waals surface area contributed by atoms with Crippen molar-refractivity contribution < 1.29 is 5.11 Å². The summed E-state index contributed by atoms with van der Waals surface area (Å²) in [6.45, 7) is 1.21. The van der Waals surface area contributed by atoms with E-state index in [-0.39, 0.29) is 6.61 Å². The largest absolute Gasteiger partial charge is 0.396 e. The summed E-state index contributed by atoms with van der Waals surface area (Å²) >= 11 is 1.85. The van der Waals surface area contributed by atoms with Gasteiger partial charge in [0.1, 0.15) is 0 Å². The summed E-state index contributed by atoms with van der Waals surface area (Å²) in [7, 11) is 0. The maximum Gasteiger partial charge on any atom is 0.0443 e. The highest BCUT2D eigenvalue weighted by atomic mass is 32.1. The second kappa shape index (κ2) is 6.38. The molecule has 16 heavy (non-hydrogen) atoms. The van der Waals surface area contributed by atoms with Gasteiger partial charge in [-0.15, -0.1) is 11.3 Å². The normalized spacial score (nSPS) is 19.1. The SMILES string of the molecule is OCCCNC(c1cccs1)C1CCCC1. The molecule has 90 valence electrons. The van der Waals surface area contributed by atoms with E-state index in [0.29, 0.717) is 6.04 Å². The molecular weight excluding hydrogens is 218 g/mol. The summed E-state index contributed by atoms with van der Waals surface area (Å²) in [4.78, 5) is 1.46. The molecule has 0 amide bonds. The van der Waals surface area contributed by atoms with Gasteiger partial charge in [0.05, 0.1) is 0 Å². The quantitative estimate of drug-likeness (QED) is 0.748. The number of aliphatic hydroxyl groups excluding tert-OH is 1. The van der Waals surface area contributed by atoms with Gasteiger partial charge in [-0.25, -0.2) is 0 Å². The topological polar surface area (TPSA) is 32.3 Å². The lowest BCUT2D eigenvalue weighted by Gasteiger charge is -2.23. The monoisotopic (exact) mass is 239 g/mol. The summed E-state index contributed by atoms with van der Waals surface area (Å²) in [6.07, 6.45) is 6.33. The fourth-order valence-corrected chi connectivity index (χ4v) is 3.49. The lowest BCUT2D eigenvalue weighted by Crippen LogP contribution is -2.27. The van der Waals surface area contributed by atoms with Gasteiger partial charge in [0, 0.05) is 17.5 Å². The van der Waals surface area contributed by atoms with E-state index in [9.17, 15) is 0 Å². The predicted molar refractivity (Wildman–Crippen MR) is 68.7 cm³/mol. The van der Waals surface area contributed by atoms with Gasteiger partial charge in [0.2, 0.25) is 0 Å². The highest BCUT2D eigenvalue weighted by molar-refractivity contribution is 7.10. The third kappa shape index (κ3) is 3.06. The smallest absolute Gasteiger partial charge is 0.0443 e. The zero-order valence-electron chi connectivity index (χ0n) is 9.69. The zero-order chi connectivity index (χ0) is 11.2. The minimum Gasteiger partial charge on any atom is -0.396 e. The molecule has 0 spiro atoms. The van der Waals surface area contributed by atoms with Crippen molar-refractivity contribution in [1.29, 1.82) is 0 Å². The van der Waals surface area contributed by atoms with Gasteiger partial charge in [0.15, 0.2) is 0 Å². The van der Waals surface area contributed by atoms with E-state index in [4.69, 9.17) is 5.11 Å². The first kappa shape index (κ1) is 12.1. The summed E-state index contributed by atoms with van der Waals surface area (Å²) in [6, 6.07) is 4.89. The molecule has 0 bridgehead atoms. The van der Waals surface area contributed by atoms with Gasteiger partial charge < -0.3 is 10.4 Å². The molecule has 1 aliphatic carbocycles. The van der Waals surface area contributed by atoms with E-state index >= 15 is 0 Å². The molecule has 1 saturated carbocycles. The molecular formula is C13H21NOS. The Hall–Kier alpha value is -0.380. The highest BCUT2D eigenvalue weighted by Gasteiger charge is 2.26. The molecule has 2 rings (SSSR count). The zero-order valence-corrected chi connectivity index (χ0v) is 10.5. The Bertz CT molecular complexity index is 280. The Morgan fingerprint density at radius 1 is 1.44 bits per heavy atom. The Kier molecular flexibility index (Phi) is 4.82. The minimum atomic E-state index is 0.287. The number of hydrogen-bond acceptors (Lipinski definition) is 3. The van der Waals surface area contributed by atoms with Crippen molar-refractivity contribution in [3.05, 3.63) is 22.4 Å². The first-order valence-corrected chi connectivity index (χ1v) is 7.17. The Morgan fingerprint density at radius 2 is 2.25 bits per heavy atom. The van der Waals surface area contributed by atoms with Gasteiger partial charge in [-0.1, -0.05) is 18.9 Å². The lowest BCUT2D eigenvalue weighted by molar-refractivity contribution is 0.276. The van der Waals surface area contributed by atoms with Crippen LogP contribution in [-0.4, -0.2) is 18.3 Å². The third-order valence-corrected chi connectivity index (χ3v) is 4.38. The summed E-state index contributed by atoms with van der Waals surface area (Å²) in [5.41, 5.74) is 0. The molecule has 0 radical (unpaired) electrons. The Labute approximate surface area is 102 Å². The van der Waals surface area contributed by atoms with Crippen LogP contribution >= 0.6 is 11.3 Å². The molecule has 1 aliphatic rings. The van der Waals surface area contributed by atoms with Gasteiger partial charge in [0.25, 0.3) is 0 Å². The summed E-state index contributed by atoms with van der Waals surface area (Å²) < 4.78 is 0. The third-order valence-electron chi connectivity index (χ3n) is 3.42. The predicted octanol–water partition coefficient (Wildman–Crippen LogP) is 2.95. The number of hydrogen-bond donors (Lipinski definition) is 2. The average molecular weight is 239 g/mol. The number of rotatable bonds is 6. The van der Waals surface area contributed by atoms with Crippen molar-refractivity contribution in [2.75, 3.05) is 13.2 Å². The van der Waals surface area contributed by atoms with Crippen LogP contribution in [0.1, 0.15) is 43.0 Å². The molecule has 3 heteroatoms. The highest BCUT2D eigenvalue weighted by Crippen LogP contribution is 2.37. The van der Waals surface area contributed by atoms with Gasteiger partial charge in [-0.2, -0.15) is 0 Å². The summed E-state index contributed by atoms with van der Waals surface area (Å²) in [5.74, 6) is 0.803. The number of thiophene rings is 1. The van der Waals surface area contributed by atoms with E-state index in [1.807, 2.05) is 11.3 Å². The van der Waals surface area contributed by atoms with Crippen LogP contribution in [0.2, 0.25) is 0 Å². The van der Waals surface area contributed by atoms with E-state index in [0.717, 1.165) is 18.9 Å². The van der Waals surface area contributed by atoms with Crippen LogP contribution in [-0.2, 0) is 0 Å².